The topological polar surface area (TPSA) is 55.3 Å². The first-order valence-corrected chi connectivity index (χ1v) is 11.2. The van der Waals surface area contributed by atoms with Gasteiger partial charge in [0, 0.05) is 43.0 Å². The van der Waals surface area contributed by atoms with Gasteiger partial charge in [-0.05, 0) is 36.6 Å². The minimum Gasteiger partial charge on any atom is -0.376 e. The lowest BCUT2D eigenvalue weighted by Crippen LogP contribution is -2.37. The van der Waals surface area contributed by atoms with Gasteiger partial charge in [0.25, 0.3) is 0 Å². The predicted octanol–water partition coefficient (Wildman–Crippen LogP) is 4.97. The van der Waals surface area contributed by atoms with Crippen LogP contribution in [0.4, 0.5) is 13.2 Å². The van der Waals surface area contributed by atoms with Gasteiger partial charge in [-0.15, -0.1) is 11.3 Å². The highest BCUT2D eigenvalue weighted by molar-refractivity contribution is 7.13. The number of halogens is 3. The summed E-state index contributed by atoms with van der Waals surface area (Å²) in [6.45, 7) is 1.65. The lowest BCUT2D eigenvalue weighted by molar-refractivity contribution is -0.137. The molecule has 9 heteroatoms. The summed E-state index contributed by atoms with van der Waals surface area (Å²) in [4.78, 5) is 23.5. The van der Waals surface area contributed by atoms with E-state index in [2.05, 4.69) is 9.97 Å². The van der Waals surface area contributed by atoms with Crippen molar-refractivity contribution in [1.82, 2.24) is 14.9 Å². The molecule has 1 fully saturated rings. The Kier molecular flexibility index (Phi) is 6.86. The van der Waals surface area contributed by atoms with Gasteiger partial charge < -0.3 is 9.64 Å². The molecule has 0 spiro atoms. The van der Waals surface area contributed by atoms with Gasteiger partial charge in [0.2, 0.25) is 5.91 Å². The molecule has 3 aromatic rings. The highest BCUT2D eigenvalue weighted by Crippen LogP contribution is 2.32. The Labute approximate surface area is 187 Å². The van der Waals surface area contributed by atoms with Gasteiger partial charge in [0.05, 0.1) is 23.8 Å². The van der Waals surface area contributed by atoms with Crippen LogP contribution in [0.2, 0.25) is 0 Å². The summed E-state index contributed by atoms with van der Waals surface area (Å²) in [7, 11) is 0. The fraction of sp³-hybridized carbons (Fsp3) is 0.348. The summed E-state index contributed by atoms with van der Waals surface area (Å²) in [6.07, 6.45) is 1.10. The molecule has 0 N–H and O–H groups in total. The van der Waals surface area contributed by atoms with E-state index in [-0.39, 0.29) is 18.4 Å². The van der Waals surface area contributed by atoms with Gasteiger partial charge in [-0.2, -0.15) is 13.2 Å². The predicted molar refractivity (Wildman–Crippen MR) is 115 cm³/mol. The SMILES string of the molecule is O=C(Cc1csc(-c2ccc(C(F)(F)F)cc2)n1)N(Cc1cccnc1)CC1CCCO1. The third kappa shape index (κ3) is 5.72. The second-order valence-electron chi connectivity index (χ2n) is 7.67. The molecule has 1 aliphatic rings. The smallest absolute Gasteiger partial charge is 0.376 e. The number of carbonyl (C=O) groups excluding carboxylic acids is 1. The number of rotatable bonds is 7. The highest BCUT2D eigenvalue weighted by atomic mass is 32.1. The first-order chi connectivity index (χ1) is 15.4. The molecule has 1 saturated heterocycles. The van der Waals surface area contributed by atoms with Crippen molar-refractivity contribution in [3.8, 4) is 10.6 Å². The van der Waals surface area contributed by atoms with Crippen LogP contribution in [0.5, 0.6) is 0 Å². The van der Waals surface area contributed by atoms with Crippen LogP contribution in [-0.4, -0.2) is 40.0 Å². The molecule has 168 valence electrons. The molecule has 0 saturated carbocycles. The van der Waals surface area contributed by atoms with E-state index in [4.69, 9.17) is 4.74 Å². The van der Waals surface area contributed by atoms with Gasteiger partial charge in [-0.25, -0.2) is 4.98 Å². The van der Waals surface area contributed by atoms with Crippen LogP contribution in [0.15, 0.2) is 54.2 Å². The quantitative estimate of drug-likeness (QED) is 0.498. The normalized spacial score (nSPS) is 16.3. The number of hydrogen-bond donors (Lipinski definition) is 0. The molecular weight excluding hydrogens is 439 g/mol. The van der Waals surface area contributed by atoms with Crippen LogP contribution < -0.4 is 0 Å². The van der Waals surface area contributed by atoms with Crippen molar-refractivity contribution >= 4 is 17.2 Å². The summed E-state index contributed by atoms with van der Waals surface area (Å²) in [6, 6.07) is 8.64. The monoisotopic (exact) mass is 461 g/mol. The number of thiazole rings is 1. The Morgan fingerprint density at radius 3 is 2.69 bits per heavy atom. The molecule has 0 aliphatic carbocycles. The van der Waals surface area contributed by atoms with Gasteiger partial charge >= 0.3 is 6.18 Å². The molecule has 32 heavy (non-hydrogen) atoms. The third-order valence-electron chi connectivity index (χ3n) is 5.24. The van der Waals surface area contributed by atoms with Crippen LogP contribution >= 0.6 is 11.3 Å². The van der Waals surface area contributed by atoms with Crippen molar-refractivity contribution in [3.63, 3.8) is 0 Å². The molecule has 1 aliphatic heterocycles. The van der Waals surface area contributed by atoms with E-state index in [0.717, 1.165) is 30.5 Å². The van der Waals surface area contributed by atoms with Crippen molar-refractivity contribution in [2.75, 3.05) is 13.2 Å². The molecule has 4 rings (SSSR count). The second-order valence-corrected chi connectivity index (χ2v) is 8.52. The van der Waals surface area contributed by atoms with E-state index >= 15 is 0 Å². The highest BCUT2D eigenvalue weighted by Gasteiger charge is 2.30. The van der Waals surface area contributed by atoms with Crippen molar-refractivity contribution in [2.24, 2.45) is 0 Å². The van der Waals surface area contributed by atoms with E-state index < -0.39 is 11.7 Å². The minimum atomic E-state index is -4.38. The van der Waals surface area contributed by atoms with E-state index in [9.17, 15) is 18.0 Å². The zero-order valence-electron chi connectivity index (χ0n) is 17.2. The van der Waals surface area contributed by atoms with Gasteiger partial charge in [0.15, 0.2) is 0 Å². The van der Waals surface area contributed by atoms with E-state index in [1.807, 2.05) is 12.1 Å². The number of aromatic nitrogens is 2. The van der Waals surface area contributed by atoms with Crippen LogP contribution in [0.1, 0.15) is 29.7 Å². The maximum Gasteiger partial charge on any atom is 0.416 e. The average Bonchev–Trinajstić information content (AvgIpc) is 3.46. The number of ether oxygens (including phenoxy) is 1. The van der Waals surface area contributed by atoms with Crippen molar-refractivity contribution in [1.29, 1.82) is 0 Å². The molecule has 1 atom stereocenters. The van der Waals surface area contributed by atoms with Gasteiger partial charge in [-0.1, -0.05) is 18.2 Å². The van der Waals surface area contributed by atoms with Crippen LogP contribution in [0.25, 0.3) is 10.6 Å². The standard InChI is InChI=1S/C23H22F3N3O2S/c24-23(25,26)18-7-5-17(6-8-18)22-28-19(15-32-22)11-21(30)29(14-20-4-2-10-31-20)13-16-3-1-9-27-12-16/h1,3,5-9,12,15,20H,2,4,10-11,13-14H2. The first kappa shape index (κ1) is 22.4. The Hall–Kier alpha value is -2.78. The van der Waals surface area contributed by atoms with E-state index in [0.29, 0.717) is 36.0 Å². The maximum absolute atomic E-state index is 13.1. The molecule has 0 radical (unpaired) electrons. The number of carbonyl (C=O) groups is 1. The largest absolute Gasteiger partial charge is 0.416 e. The third-order valence-corrected chi connectivity index (χ3v) is 6.18. The lowest BCUT2D eigenvalue weighted by atomic mass is 10.1. The summed E-state index contributed by atoms with van der Waals surface area (Å²) >= 11 is 1.31. The molecule has 5 nitrogen and oxygen atoms in total. The minimum absolute atomic E-state index is 0.0220. The molecule has 0 bridgehead atoms. The van der Waals surface area contributed by atoms with Gasteiger partial charge in [-0.3, -0.25) is 9.78 Å². The molecule has 3 heterocycles. The second kappa shape index (κ2) is 9.79. The van der Waals surface area contributed by atoms with Crippen LogP contribution in [0, 0.1) is 0 Å². The average molecular weight is 462 g/mol. The summed E-state index contributed by atoms with van der Waals surface area (Å²) in [5.74, 6) is -0.0753. The number of pyridine rings is 1. The van der Waals surface area contributed by atoms with Crippen LogP contribution in [-0.2, 0) is 28.7 Å². The number of benzene rings is 1. The molecule has 1 unspecified atom stereocenters. The summed E-state index contributed by atoms with van der Waals surface area (Å²) in [5.41, 5.74) is 1.42. The van der Waals surface area contributed by atoms with Gasteiger partial charge in [0.1, 0.15) is 5.01 Å². The number of nitrogens with zero attached hydrogens (tertiary/aromatic N) is 3. The van der Waals surface area contributed by atoms with Crippen molar-refractivity contribution in [3.05, 3.63) is 71.0 Å². The number of amides is 1. The number of hydrogen-bond acceptors (Lipinski definition) is 5. The Balaban J connectivity index is 1.45. The fourth-order valence-electron chi connectivity index (χ4n) is 3.59. The van der Waals surface area contributed by atoms with Crippen LogP contribution in [0.3, 0.4) is 0 Å². The molecule has 1 aromatic carbocycles. The first-order valence-electron chi connectivity index (χ1n) is 10.3. The molecule has 2 aromatic heterocycles. The summed E-state index contributed by atoms with van der Waals surface area (Å²) < 4.78 is 44.1. The summed E-state index contributed by atoms with van der Waals surface area (Å²) in [5, 5.41) is 2.36. The zero-order chi connectivity index (χ0) is 22.6. The Morgan fingerprint density at radius 1 is 1.22 bits per heavy atom. The fourth-order valence-corrected chi connectivity index (χ4v) is 4.42. The molecular formula is C23H22F3N3O2S. The zero-order valence-corrected chi connectivity index (χ0v) is 18.0. The Bertz CT molecular complexity index is 1030. The van der Waals surface area contributed by atoms with Crippen molar-refractivity contribution < 1.29 is 22.7 Å². The maximum atomic E-state index is 13.1. The number of alkyl halides is 3. The molecule has 1 amide bonds. The van der Waals surface area contributed by atoms with Crippen molar-refractivity contribution in [2.45, 2.75) is 38.1 Å². The van der Waals surface area contributed by atoms with E-state index in [1.165, 1.54) is 23.5 Å². The lowest BCUT2D eigenvalue weighted by Gasteiger charge is -2.25. The van der Waals surface area contributed by atoms with E-state index in [1.54, 1.807) is 22.7 Å². The Morgan fingerprint density at radius 2 is 2.03 bits per heavy atom.